The quantitative estimate of drug-likeness (QED) is 0.857. The third-order valence-electron chi connectivity index (χ3n) is 4.35. The first kappa shape index (κ1) is 13.4. The molecule has 4 heteroatoms. The molecule has 2 aromatic heterocycles. The van der Waals surface area contributed by atoms with Gasteiger partial charge in [0.2, 0.25) is 0 Å². The van der Waals surface area contributed by atoms with Crippen LogP contribution in [0.25, 0.3) is 5.52 Å². The van der Waals surface area contributed by atoms with E-state index in [0.29, 0.717) is 0 Å². The van der Waals surface area contributed by atoms with Crippen LogP contribution in [0.5, 0.6) is 5.75 Å². The summed E-state index contributed by atoms with van der Waals surface area (Å²) in [5.41, 5.74) is 1.06. The highest BCUT2D eigenvalue weighted by Gasteiger charge is 2.20. The van der Waals surface area contributed by atoms with Gasteiger partial charge in [0, 0.05) is 19.2 Å². The summed E-state index contributed by atoms with van der Waals surface area (Å²) in [6.45, 7) is 5.86. The first-order valence-electron chi connectivity index (χ1n) is 7.53. The van der Waals surface area contributed by atoms with Crippen LogP contribution in [0.2, 0.25) is 0 Å². The number of hydrogen-bond acceptors (Lipinski definition) is 3. The predicted octanol–water partition coefficient (Wildman–Crippen LogP) is 2.62. The lowest BCUT2D eigenvalue weighted by atomic mass is 9.94. The molecule has 1 unspecified atom stereocenters. The number of piperidine rings is 1. The first-order chi connectivity index (χ1) is 9.81. The SMILES string of the molecule is CCN1CCCC(Cc2ncc3c(OC)cccn23)C1. The molecule has 0 spiro atoms. The second kappa shape index (κ2) is 5.83. The molecular formula is C16H23N3O. The van der Waals surface area contributed by atoms with E-state index in [9.17, 15) is 0 Å². The standard InChI is InChI=1S/C16H23N3O/c1-3-18-8-4-6-13(12-18)10-16-17-11-14-15(20-2)7-5-9-19(14)16/h5,7,9,11,13H,3-4,6,8,10,12H2,1-2H3. The maximum atomic E-state index is 5.40. The van der Waals surface area contributed by atoms with Crippen molar-refractivity contribution in [2.45, 2.75) is 26.2 Å². The Labute approximate surface area is 120 Å². The van der Waals surface area contributed by atoms with Gasteiger partial charge in [0.15, 0.2) is 0 Å². The van der Waals surface area contributed by atoms with Gasteiger partial charge < -0.3 is 14.0 Å². The fourth-order valence-corrected chi connectivity index (χ4v) is 3.24. The molecule has 0 N–H and O–H groups in total. The van der Waals surface area contributed by atoms with Crippen molar-refractivity contribution in [3.63, 3.8) is 0 Å². The number of hydrogen-bond donors (Lipinski definition) is 0. The number of rotatable bonds is 4. The minimum absolute atomic E-state index is 0.723. The van der Waals surface area contributed by atoms with Gasteiger partial charge in [-0.05, 0) is 44.0 Å². The Morgan fingerprint density at radius 1 is 1.45 bits per heavy atom. The molecule has 0 saturated carbocycles. The lowest BCUT2D eigenvalue weighted by molar-refractivity contribution is 0.180. The molecule has 0 radical (unpaired) electrons. The average Bonchev–Trinajstić information content (AvgIpc) is 2.90. The Morgan fingerprint density at radius 2 is 2.35 bits per heavy atom. The molecule has 0 bridgehead atoms. The lowest BCUT2D eigenvalue weighted by Gasteiger charge is -2.31. The van der Waals surface area contributed by atoms with E-state index in [1.54, 1.807) is 7.11 Å². The normalized spacial score (nSPS) is 20.4. The summed E-state index contributed by atoms with van der Waals surface area (Å²) in [7, 11) is 1.71. The zero-order valence-corrected chi connectivity index (χ0v) is 12.4. The van der Waals surface area contributed by atoms with E-state index in [-0.39, 0.29) is 0 Å². The smallest absolute Gasteiger partial charge is 0.144 e. The molecule has 3 heterocycles. The molecule has 108 valence electrons. The van der Waals surface area contributed by atoms with Crippen molar-refractivity contribution in [3.05, 3.63) is 30.4 Å². The zero-order chi connectivity index (χ0) is 13.9. The molecule has 1 aliphatic rings. The highest BCUT2D eigenvalue weighted by Crippen LogP contribution is 2.24. The van der Waals surface area contributed by atoms with E-state index in [1.807, 2.05) is 18.3 Å². The van der Waals surface area contributed by atoms with Gasteiger partial charge in [-0.15, -0.1) is 0 Å². The van der Waals surface area contributed by atoms with Gasteiger partial charge in [-0.2, -0.15) is 0 Å². The van der Waals surface area contributed by atoms with Gasteiger partial charge in [0.25, 0.3) is 0 Å². The summed E-state index contributed by atoms with van der Waals surface area (Å²) < 4.78 is 7.57. The molecule has 1 aliphatic heterocycles. The van der Waals surface area contributed by atoms with Crippen molar-refractivity contribution in [1.29, 1.82) is 0 Å². The number of likely N-dealkylation sites (tertiary alicyclic amines) is 1. The maximum absolute atomic E-state index is 5.40. The van der Waals surface area contributed by atoms with Gasteiger partial charge in [-0.1, -0.05) is 6.92 Å². The van der Waals surface area contributed by atoms with Crippen LogP contribution in [0.15, 0.2) is 24.5 Å². The highest BCUT2D eigenvalue weighted by molar-refractivity contribution is 5.59. The molecule has 3 rings (SSSR count). The average molecular weight is 273 g/mol. The summed E-state index contributed by atoms with van der Waals surface area (Å²) in [5, 5.41) is 0. The Bertz CT molecular complexity index is 578. The van der Waals surface area contributed by atoms with Crippen LogP contribution in [0.1, 0.15) is 25.6 Å². The highest BCUT2D eigenvalue weighted by atomic mass is 16.5. The molecule has 4 nitrogen and oxygen atoms in total. The van der Waals surface area contributed by atoms with Crippen molar-refractivity contribution in [2.24, 2.45) is 5.92 Å². The first-order valence-corrected chi connectivity index (χ1v) is 7.53. The molecule has 0 aliphatic carbocycles. The molecule has 1 atom stereocenters. The number of imidazole rings is 1. The molecule has 20 heavy (non-hydrogen) atoms. The molecule has 1 fully saturated rings. The molecule has 0 aromatic carbocycles. The van der Waals surface area contributed by atoms with E-state index < -0.39 is 0 Å². The molecule has 1 saturated heterocycles. The Kier molecular flexibility index (Phi) is 3.92. The van der Waals surface area contributed by atoms with Crippen LogP contribution in [0.4, 0.5) is 0 Å². The van der Waals surface area contributed by atoms with E-state index >= 15 is 0 Å². The number of fused-ring (bicyclic) bond motifs is 1. The van der Waals surface area contributed by atoms with Crippen molar-refractivity contribution in [1.82, 2.24) is 14.3 Å². The largest absolute Gasteiger partial charge is 0.494 e. The van der Waals surface area contributed by atoms with E-state index in [0.717, 1.165) is 36.0 Å². The number of ether oxygens (including phenoxy) is 1. The zero-order valence-electron chi connectivity index (χ0n) is 12.4. The maximum Gasteiger partial charge on any atom is 0.144 e. The van der Waals surface area contributed by atoms with Crippen molar-refractivity contribution >= 4 is 5.52 Å². The minimum Gasteiger partial charge on any atom is -0.494 e. The molecular weight excluding hydrogens is 250 g/mol. The molecule has 2 aromatic rings. The van der Waals surface area contributed by atoms with Crippen LogP contribution in [0.3, 0.4) is 0 Å². The Hall–Kier alpha value is -1.55. The Morgan fingerprint density at radius 3 is 3.15 bits per heavy atom. The number of methoxy groups -OCH3 is 1. The van der Waals surface area contributed by atoms with Crippen LogP contribution in [-0.2, 0) is 6.42 Å². The summed E-state index contributed by atoms with van der Waals surface area (Å²) in [5.74, 6) is 2.77. The van der Waals surface area contributed by atoms with E-state index in [4.69, 9.17) is 4.74 Å². The Balaban J connectivity index is 1.81. The predicted molar refractivity (Wildman–Crippen MR) is 80.3 cm³/mol. The second-order valence-corrected chi connectivity index (χ2v) is 5.61. The van der Waals surface area contributed by atoms with Gasteiger partial charge in [0.05, 0.1) is 13.3 Å². The van der Waals surface area contributed by atoms with E-state index in [2.05, 4.69) is 27.4 Å². The molecule has 0 amide bonds. The minimum atomic E-state index is 0.723. The van der Waals surface area contributed by atoms with Gasteiger partial charge in [-0.3, -0.25) is 0 Å². The second-order valence-electron chi connectivity index (χ2n) is 5.61. The van der Waals surface area contributed by atoms with Crippen LogP contribution in [-0.4, -0.2) is 41.0 Å². The summed E-state index contributed by atoms with van der Waals surface area (Å²) in [6, 6.07) is 4.01. The number of pyridine rings is 1. The fourth-order valence-electron chi connectivity index (χ4n) is 3.24. The van der Waals surface area contributed by atoms with Gasteiger partial charge in [-0.25, -0.2) is 4.98 Å². The van der Waals surface area contributed by atoms with Crippen molar-refractivity contribution < 1.29 is 4.74 Å². The topological polar surface area (TPSA) is 29.8 Å². The van der Waals surface area contributed by atoms with Crippen LogP contribution in [0, 0.1) is 5.92 Å². The number of nitrogens with zero attached hydrogens (tertiary/aromatic N) is 3. The van der Waals surface area contributed by atoms with Crippen LogP contribution >= 0.6 is 0 Å². The van der Waals surface area contributed by atoms with Gasteiger partial charge >= 0.3 is 0 Å². The van der Waals surface area contributed by atoms with Crippen molar-refractivity contribution in [2.75, 3.05) is 26.7 Å². The number of aromatic nitrogens is 2. The van der Waals surface area contributed by atoms with Crippen LogP contribution < -0.4 is 4.74 Å². The third-order valence-corrected chi connectivity index (χ3v) is 4.35. The summed E-state index contributed by atoms with van der Waals surface area (Å²) in [6.07, 6.45) is 7.69. The third kappa shape index (κ3) is 2.52. The summed E-state index contributed by atoms with van der Waals surface area (Å²) in [4.78, 5) is 7.16. The summed E-state index contributed by atoms with van der Waals surface area (Å²) >= 11 is 0. The monoisotopic (exact) mass is 273 g/mol. The fraction of sp³-hybridized carbons (Fsp3) is 0.562. The van der Waals surface area contributed by atoms with Crippen molar-refractivity contribution in [3.8, 4) is 5.75 Å². The van der Waals surface area contributed by atoms with E-state index in [1.165, 1.54) is 25.9 Å². The van der Waals surface area contributed by atoms with Gasteiger partial charge in [0.1, 0.15) is 17.1 Å². The lowest BCUT2D eigenvalue weighted by Crippen LogP contribution is -2.36.